The number of nitrogens with one attached hydrogen (secondary N) is 1. The van der Waals surface area contributed by atoms with Gasteiger partial charge in [-0.15, -0.1) is 0 Å². The normalized spacial score (nSPS) is 24.2. The van der Waals surface area contributed by atoms with Gasteiger partial charge in [0.25, 0.3) is 0 Å². The molecule has 0 bridgehead atoms. The fourth-order valence-electron chi connectivity index (χ4n) is 3.27. The summed E-state index contributed by atoms with van der Waals surface area (Å²) in [5.74, 6) is -0.858. The Morgan fingerprint density at radius 2 is 2.05 bits per heavy atom. The van der Waals surface area contributed by atoms with Crippen LogP contribution in [0, 0.1) is 0 Å². The molecule has 2 fully saturated rings. The van der Waals surface area contributed by atoms with Gasteiger partial charge in [-0.3, -0.25) is 4.79 Å². The number of rotatable bonds is 6. The fourth-order valence-corrected chi connectivity index (χ4v) is 3.27. The number of urea groups is 1. The van der Waals surface area contributed by atoms with E-state index in [9.17, 15) is 9.59 Å². The third kappa shape index (κ3) is 3.42. The highest BCUT2D eigenvalue weighted by Crippen LogP contribution is 2.35. The van der Waals surface area contributed by atoms with Gasteiger partial charge in [0.2, 0.25) is 0 Å². The maximum atomic E-state index is 12.4. The Kier molecular flexibility index (Phi) is 4.86. The smallest absolute Gasteiger partial charge is 0.318 e. The Labute approximate surface area is 119 Å². The maximum Gasteiger partial charge on any atom is 0.318 e. The predicted molar refractivity (Wildman–Crippen MR) is 73.4 cm³/mol. The molecule has 1 saturated heterocycles. The highest BCUT2D eigenvalue weighted by molar-refractivity contribution is 5.77. The van der Waals surface area contributed by atoms with Gasteiger partial charge in [-0.25, -0.2) is 4.79 Å². The van der Waals surface area contributed by atoms with Gasteiger partial charge in [0.1, 0.15) is 0 Å². The molecule has 0 spiro atoms. The third-order valence-electron chi connectivity index (χ3n) is 4.51. The van der Waals surface area contributed by atoms with Crippen LogP contribution in [0.4, 0.5) is 4.79 Å². The highest BCUT2D eigenvalue weighted by Gasteiger charge is 2.42. The minimum atomic E-state index is -0.858. The van der Waals surface area contributed by atoms with Gasteiger partial charge < -0.3 is 20.4 Å². The molecule has 1 aliphatic carbocycles. The Hall–Kier alpha value is -1.30. The second-order valence-corrected chi connectivity index (χ2v) is 5.99. The number of aliphatic hydroxyl groups excluding tert-OH is 1. The first-order valence-corrected chi connectivity index (χ1v) is 7.48. The number of carbonyl (C=O) groups is 2. The standard InChI is InChI=1S/C14H24N2O4/c17-9-2-5-11-4-1-8-16(11)13(20)15-14(6-3-7-14)10-12(18)19/h11,17H,1-10H2,(H,15,20)(H,18,19). The molecule has 1 unspecified atom stereocenters. The van der Waals surface area contributed by atoms with E-state index in [0.717, 1.165) is 45.1 Å². The lowest BCUT2D eigenvalue weighted by Gasteiger charge is -2.43. The molecule has 1 atom stereocenters. The van der Waals surface area contributed by atoms with Gasteiger partial charge >= 0.3 is 12.0 Å². The van der Waals surface area contributed by atoms with Crippen LogP contribution in [0.25, 0.3) is 0 Å². The molecule has 1 aliphatic heterocycles. The van der Waals surface area contributed by atoms with Gasteiger partial charge in [-0.1, -0.05) is 0 Å². The summed E-state index contributed by atoms with van der Waals surface area (Å²) in [6.45, 7) is 0.875. The fraction of sp³-hybridized carbons (Fsp3) is 0.857. The summed E-state index contributed by atoms with van der Waals surface area (Å²) in [6, 6.07) is 0.0514. The van der Waals surface area contributed by atoms with Gasteiger partial charge in [0.05, 0.1) is 12.0 Å². The van der Waals surface area contributed by atoms with E-state index in [1.54, 1.807) is 0 Å². The minimum absolute atomic E-state index is 0.00782. The van der Waals surface area contributed by atoms with E-state index in [4.69, 9.17) is 10.2 Å². The van der Waals surface area contributed by atoms with Crippen molar-refractivity contribution in [2.45, 2.75) is 62.9 Å². The molecule has 1 heterocycles. The molecule has 1 saturated carbocycles. The van der Waals surface area contributed by atoms with E-state index < -0.39 is 11.5 Å². The van der Waals surface area contributed by atoms with Crippen molar-refractivity contribution in [1.29, 1.82) is 0 Å². The van der Waals surface area contributed by atoms with Gasteiger partial charge in [-0.2, -0.15) is 0 Å². The van der Waals surface area contributed by atoms with Crippen molar-refractivity contribution >= 4 is 12.0 Å². The Bertz CT molecular complexity index is 368. The van der Waals surface area contributed by atoms with Crippen LogP contribution in [-0.2, 0) is 4.79 Å². The average Bonchev–Trinajstić information content (AvgIpc) is 2.81. The quantitative estimate of drug-likeness (QED) is 0.686. The van der Waals surface area contributed by atoms with Crippen LogP contribution in [0.15, 0.2) is 0 Å². The van der Waals surface area contributed by atoms with Crippen molar-refractivity contribution in [1.82, 2.24) is 10.2 Å². The average molecular weight is 284 g/mol. The summed E-state index contributed by atoms with van der Waals surface area (Å²) in [5, 5.41) is 20.8. The number of aliphatic hydroxyl groups is 1. The van der Waals surface area contributed by atoms with Gasteiger partial charge in [0.15, 0.2) is 0 Å². The van der Waals surface area contributed by atoms with E-state index in [1.165, 1.54) is 0 Å². The zero-order valence-electron chi connectivity index (χ0n) is 11.8. The molecular formula is C14H24N2O4. The third-order valence-corrected chi connectivity index (χ3v) is 4.51. The van der Waals surface area contributed by atoms with E-state index in [-0.39, 0.29) is 25.1 Å². The maximum absolute atomic E-state index is 12.4. The van der Waals surface area contributed by atoms with Crippen molar-refractivity contribution < 1.29 is 19.8 Å². The Morgan fingerprint density at radius 3 is 2.60 bits per heavy atom. The van der Waals surface area contributed by atoms with Crippen LogP contribution in [0.3, 0.4) is 0 Å². The zero-order chi connectivity index (χ0) is 14.6. The largest absolute Gasteiger partial charge is 0.481 e. The minimum Gasteiger partial charge on any atom is -0.481 e. The van der Waals surface area contributed by atoms with E-state index in [1.807, 2.05) is 4.90 Å². The number of carboxylic acids is 1. The van der Waals surface area contributed by atoms with Gasteiger partial charge in [0, 0.05) is 19.2 Å². The summed E-state index contributed by atoms with van der Waals surface area (Å²) in [6.07, 6.45) is 5.95. The number of amides is 2. The molecule has 0 aromatic rings. The van der Waals surface area contributed by atoms with Crippen molar-refractivity contribution in [2.24, 2.45) is 0 Å². The molecule has 6 heteroatoms. The van der Waals surface area contributed by atoms with Crippen molar-refractivity contribution in [3.05, 3.63) is 0 Å². The predicted octanol–water partition coefficient (Wildman–Crippen LogP) is 1.33. The molecule has 0 aromatic carbocycles. The van der Waals surface area contributed by atoms with Crippen LogP contribution >= 0.6 is 0 Å². The van der Waals surface area contributed by atoms with Crippen LogP contribution in [-0.4, -0.2) is 51.8 Å². The van der Waals surface area contributed by atoms with Crippen LogP contribution < -0.4 is 5.32 Å². The van der Waals surface area contributed by atoms with Crippen molar-refractivity contribution in [3.8, 4) is 0 Å². The summed E-state index contributed by atoms with van der Waals surface area (Å²) in [4.78, 5) is 25.1. The summed E-state index contributed by atoms with van der Waals surface area (Å²) < 4.78 is 0. The SMILES string of the molecule is O=C(O)CC1(NC(=O)N2CCCC2CCCO)CCC1. The van der Waals surface area contributed by atoms with Crippen LogP contribution in [0.2, 0.25) is 0 Å². The number of aliphatic carboxylic acids is 1. The number of carboxylic acid groups (broad SMARTS) is 1. The van der Waals surface area contributed by atoms with Crippen molar-refractivity contribution in [3.63, 3.8) is 0 Å². The summed E-state index contributed by atoms with van der Waals surface area (Å²) in [7, 11) is 0. The molecule has 3 N–H and O–H groups in total. The topological polar surface area (TPSA) is 89.9 Å². The van der Waals surface area contributed by atoms with E-state index >= 15 is 0 Å². The number of likely N-dealkylation sites (tertiary alicyclic amines) is 1. The molecule has 6 nitrogen and oxygen atoms in total. The summed E-state index contributed by atoms with van der Waals surface area (Å²) >= 11 is 0. The van der Waals surface area contributed by atoms with Crippen LogP contribution in [0.5, 0.6) is 0 Å². The molecule has 0 radical (unpaired) electrons. The summed E-state index contributed by atoms with van der Waals surface area (Å²) in [5.41, 5.74) is -0.535. The first-order valence-electron chi connectivity index (χ1n) is 7.48. The number of nitrogens with zero attached hydrogens (tertiary/aromatic N) is 1. The lowest BCUT2D eigenvalue weighted by molar-refractivity contribution is -0.139. The lowest BCUT2D eigenvalue weighted by atomic mass is 9.74. The monoisotopic (exact) mass is 284 g/mol. The molecule has 20 heavy (non-hydrogen) atoms. The Balaban J connectivity index is 1.91. The molecule has 2 amide bonds. The van der Waals surface area contributed by atoms with E-state index in [0.29, 0.717) is 6.42 Å². The van der Waals surface area contributed by atoms with Crippen LogP contribution in [0.1, 0.15) is 51.4 Å². The second kappa shape index (κ2) is 6.43. The highest BCUT2D eigenvalue weighted by atomic mass is 16.4. The lowest BCUT2D eigenvalue weighted by Crippen LogP contribution is -2.58. The molecular weight excluding hydrogens is 260 g/mol. The molecule has 114 valence electrons. The molecule has 2 aliphatic rings. The van der Waals surface area contributed by atoms with Crippen molar-refractivity contribution in [2.75, 3.05) is 13.2 Å². The number of hydrogen-bond acceptors (Lipinski definition) is 3. The number of carbonyl (C=O) groups excluding carboxylic acids is 1. The Morgan fingerprint density at radius 1 is 1.30 bits per heavy atom. The second-order valence-electron chi connectivity index (χ2n) is 5.99. The first-order chi connectivity index (χ1) is 9.56. The van der Waals surface area contributed by atoms with E-state index in [2.05, 4.69) is 5.32 Å². The molecule has 2 rings (SSSR count). The zero-order valence-corrected chi connectivity index (χ0v) is 11.8. The van der Waals surface area contributed by atoms with Gasteiger partial charge in [-0.05, 0) is 44.9 Å². The molecule has 0 aromatic heterocycles. The first kappa shape index (κ1) is 15.1. The number of hydrogen-bond donors (Lipinski definition) is 3.